The molecule has 0 unspecified atom stereocenters. The van der Waals surface area contributed by atoms with Crippen LogP contribution in [0.15, 0.2) is 65.2 Å². The topological polar surface area (TPSA) is 63.0 Å². The number of H-pyrrole nitrogens is 1. The first kappa shape index (κ1) is 16.5. The number of hydrogen-bond donors (Lipinski definition) is 1. The first-order valence-corrected chi connectivity index (χ1v) is 9.36. The van der Waals surface area contributed by atoms with Gasteiger partial charge in [0.2, 0.25) is 0 Å². The van der Waals surface area contributed by atoms with Gasteiger partial charge in [0.05, 0.1) is 12.1 Å². The zero-order valence-corrected chi connectivity index (χ0v) is 15.2. The summed E-state index contributed by atoms with van der Waals surface area (Å²) in [6, 6.07) is 13.9. The third-order valence-electron chi connectivity index (χ3n) is 4.30. The van der Waals surface area contributed by atoms with Crippen molar-refractivity contribution in [2.24, 2.45) is 4.99 Å². The van der Waals surface area contributed by atoms with Crippen molar-refractivity contribution in [1.82, 2.24) is 14.5 Å². The van der Waals surface area contributed by atoms with E-state index >= 15 is 0 Å². The van der Waals surface area contributed by atoms with Crippen LogP contribution in [-0.2, 0) is 13.0 Å². The predicted molar refractivity (Wildman–Crippen MR) is 103 cm³/mol. The molecule has 1 N–H and O–H groups in total. The molecule has 26 heavy (non-hydrogen) atoms. The van der Waals surface area contributed by atoms with E-state index in [1.165, 1.54) is 22.6 Å². The molecule has 0 atom stereocenters. The van der Waals surface area contributed by atoms with Crippen LogP contribution in [0.1, 0.15) is 28.5 Å². The fourth-order valence-corrected chi connectivity index (χ4v) is 3.93. The summed E-state index contributed by atoms with van der Waals surface area (Å²) < 4.78 is 2.12. The van der Waals surface area contributed by atoms with E-state index in [4.69, 9.17) is 0 Å². The predicted octanol–water partition coefficient (Wildman–Crippen LogP) is 3.78. The van der Waals surface area contributed by atoms with E-state index < -0.39 is 0 Å². The molecule has 0 saturated heterocycles. The second kappa shape index (κ2) is 7.09. The number of fused-ring (bicyclic) bond motifs is 1. The Labute approximate surface area is 154 Å². The van der Waals surface area contributed by atoms with Crippen LogP contribution in [0.4, 0.5) is 0 Å². The van der Waals surface area contributed by atoms with Crippen LogP contribution in [0.3, 0.4) is 0 Å². The number of hydrogen-bond acceptors (Lipinski definition) is 3. The van der Waals surface area contributed by atoms with Crippen molar-refractivity contribution in [3.63, 3.8) is 0 Å². The molecule has 0 radical (unpaired) electrons. The Balaban J connectivity index is 1.75. The molecule has 1 amide bonds. The summed E-state index contributed by atoms with van der Waals surface area (Å²) in [5, 5.41) is 2.87. The molecule has 0 aliphatic heterocycles. The highest BCUT2D eigenvalue weighted by Crippen LogP contribution is 2.16. The van der Waals surface area contributed by atoms with Gasteiger partial charge in [-0.05, 0) is 24.1 Å². The van der Waals surface area contributed by atoms with Crippen molar-refractivity contribution in [1.29, 1.82) is 0 Å². The summed E-state index contributed by atoms with van der Waals surface area (Å²) in [6.07, 6.45) is 4.27. The minimum Gasteiger partial charge on any atom is -0.345 e. The van der Waals surface area contributed by atoms with Crippen LogP contribution in [0.25, 0.3) is 11.0 Å². The van der Waals surface area contributed by atoms with E-state index in [2.05, 4.69) is 44.0 Å². The maximum atomic E-state index is 12.8. The van der Waals surface area contributed by atoms with Gasteiger partial charge in [0.1, 0.15) is 5.65 Å². The van der Waals surface area contributed by atoms with Crippen LogP contribution >= 0.6 is 11.3 Å². The lowest BCUT2D eigenvalue weighted by Gasteiger charge is -2.07. The second-order valence-electron chi connectivity index (χ2n) is 5.95. The Morgan fingerprint density at radius 3 is 2.88 bits per heavy atom. The Kier molecular flexibility index (Phi) is 4.50. The van der Waals surface area contributed by atoms with E-state index in [0.717, 1.165) is 11.8 Å². The van der Waals surface area contributed by atoms with Gasteiger partial charge >= 0.3 is 0 Å². The van der Waals surface area contributed by atoms with E-state index in [1.54, 1.807) is 12.4 Å². The van der Waals surface area contributed by atoms with Gasteiger partial charge in [-0.15, -0.1) is 11.3 Å². The molecule has 3 aromatic heterocycles. The lowest BCUT2D eigenvalue weighted by Crippen LogP contribution is -2.20. The number of carbonyl (C=O) groups is 1. The molecule has 5 nitrogen and oxygen atoms in total. The number of aromatic amines is 1. The molecular weight excluding hydrogens is 344 g/mol. The average Bonchev–Trinajstić information content (AvgIpc) is 3.27. The summed E-state index contributed by atoms with van der Waals surface area (Å²) in [6.45, 7) is 2.82. The van der Waals surface area contributed by atoms with Crippen LogP contribution in [-0.4, -0.2) is 20.4 Å². The minimum absolute atomic E-state index is 0.254. The summed E-state index contributed by atoms with van der Waals surface area (Å²) >= 11 is 1.50. The van der Waals surface area contributed by atoms with Crippen molar-refractivity contribution >= 4 is 28.3 Å². The van der Waals surface area contributed by atoms with Gasteiger partial charge in [0.15, 0.2) is 4.80 Å². The van der Waals surface area contributed by atoms with E-state index in [1.807, 2.05) is 30.3 Å². The third kappa shape index (κ3) is 3.11. The average molecular weight is 362 g/mol. The molecular formula is C20H18N4OS. The van der Waals surface area contributed by atoms with Crippen molar-refractivity contribution in [3.05, 3.63) is 81.9 Å². The number of carbonyl (C=O) groups excluding carboxylic acids is 1. The molecule has 4 aromatic rings. The zero-order valence-electron chi connectivity index (χ0n) is 14.3. The maximum Gasteiger partial charge on any atom is 0.281 e. The lowest BCUT2D eigenvalue weighted by atomic mass is 10.2. The largest absolute Gasteiger partial charge is 0.345 e. The van der Waals surface area contributed by atoms with E-state index in [-0.39, 0.29) is 5.91 Å². The van der Waals surface area contributed by atoms with Gasteiger partial charge in [-0.3, -0.25) is 4.79 Å². The number of nitrogens with zero attached hydrogens (tertiary/aromatic N) is 3. The molecule has 1 aromatic carbocycles. The summed E-state index contributed by atoms with van der Waals surface area (Å²) in [4.78, 5) is 25.2. The van der Waals surface area contributed by atoms with Crippen LogP contribution in [0.2, 0.25) is 0 Å². The first-order chi connectivity index (χ1) is 12.8. The second-order valence-corrected chi connectivity index (χ2v) is 6.79. The Hall–Kier alpha value is -2.99. The minimum atomic E-state index is -0.254. The number of pyridine rings is 1. The fraction of sp³-hybridized carbons (Fsp3) is 0.150. The number of aryl methyl sites for hydroxylation is 1. The number of aromatic nitrogens is 3. The van der Waals surface area contributed by atoms with Gasteiger partial charge in [0, 0.05) is 28.9 Å². The number of rotatable bonds is 4. The maximum absolute atomic E-state index is 12.8. The summed E-state index contributed by atoms with van der Waals surface area (Å²) in [5.74, 6) is -0.254. The highest BCUT2D eigenvalue weighted by Gasteiger charge is 2.13. The van der Waals surface area contributed by atoms with Gasteiger partial charge in [-0.1, -0.05) is 37.3 Å². The lowest BCUT2D eigenvalue weighted by molar-refractivity contribution is 0.0999. The quantitative estimate of drug-likeness (QED) is 0.600. The van der Waals surface area contributed by atoms with Gasteiger partial charge < -0.3 is 9.55 Å². The molecule has 0 aliphatic rings. The fourth-order valence-electron chi connectivity index (χ4n) is 2.95. The number of amides is 1. The molecule has 4 rings (SSSR count). The standard InChI is InChI=1S/C20H18N4OS/c1-2-15-13-26-20(24(15)12-14-7-4-3-5-8-14)23-19(25)17-11-22-18-16(17)9-6-10-21-18/h3-11,13H,2,12H2,1H3,(H,21,22). The number of thiazole rings is 1. The van der Waals surface area contributed by atoms with E-state index in [9.17, 15) is 4.79 Å². The van der Waals surface area contributed by atoms with Gasteiger partial charge in [0.25, 0.3) is 5.91 Å². The molecule has 130 valence electrons. The smallest absolute Gasteiger partial charge is 0.281 e. The van der Waals surface area contributed by atoms with Crippen LogP contribution in [0.5, 0.6) is 0 Å². The molecule has 0 spiro atoms. The monoisotopic (exact) mass is 362 g/mol. The first-order valence-electron chi connectivity index (χ1n) is 8.48. The highest BCUT2D eigenvalue weighted by molar-refractivity contribution is 7.07. The van der Waals surface area contributed by atoms with Crippen molar-refractivity contribution in [2.75, 3.05) is 0 Å². The number of nitrogens with one attached hydrogen (secondary N) is 1. The Morgan fingerprint density at radius 2 is 2.08 bits per heavy atom. The summed E-state index contributed by atoms with van der Waals surface area (Å²) in [5.41, 5.74) is 3.60. The molecule has 0 bridgehead atoms. The van der Waals surface area contributed by atoms with Crippen molar-refractivity contribution in [3.8, 4) is 0 Å². The molecule has 0 fully saturated rings. The van der Waals surface area contributed by atoms with Crippen molar-refractivity contribution in [2.45, 2.75) is 19.9 Å². The van der Waals surface area contributed by atoms with E-state index in [0.29, 0.717) is 22.6 Å². The normalized spacial score (nSPS) is 12.0. The zero-order chi connectivity index (χ0) is 17.9. The molecule has 0 saturated carbocycles. The van der Waals surface area contributed by atoms with Gasteiger partial charge in [-0.25, -0.2) is 4.98 Å². The number of benzene rings is 1. The van der Waals surface area contributed by atoms with Crippen LogP contribution < -0.4 is 4.80 Å². The highest BCUT2D eigenvalue weighted by atomic mass is 32.1. The SMILES string of the molecule is CCc1csc(=NC(=O)c2c[nH]c3ncccc23)n1Cc1ccccc1. The van der Waals surface area contributed by atoms with Crippen LogP contribution in [0, 0.1) is 0 Å². The van der Waals surface area contributed by atoms with Gasteiger partial charge in [-0.2, -0.15) is 4.99 Å². The van der Waals surface area contributed by atoms with Crippen molar-refractivity contribution < 1.29 is 4.79 Å². The molecule has 0 aliphatic carbocycles. The Bertz CT molecular complexity index is 1120. The Morgan fingerprint density at radius 1 is 1.23 bits per heavy atom. The molecule has 6 heteroatoms. The third-order valence-corrected chi connectivity index (χ3v) is 5.21. The molecule has 3 heterocycles. The summed E-state index contributed by atoms with van der Waals surface area (Å²) in [7, 11) is 0.